The normalized spacial score (nSPS) is 44.8. The standard InChI is InChI=1S/C16H26O2/c1-10(2)12-8-13-15(4,9-11(12)3)14(17)6-7-16(13,5)18/h13-14,17-18H,3,6-9H2,1-2,4-5H3/t13?,14?,15-,16-/m1/s1. The number of allylic oxidation sites excluding steroid dienone is 3. The first-order valence-corrected chi connectivity index (χ1v) is 6.93. The van der Waals surface area contributed by atoms with E-state index in [-0.39, 0.29) is 17.4 Å². The Morgan fingerprint density at radius 1 is 1.33 bits per heavy atom. The molecular formula is C16H26O2. The molecule has 2 aliphatic rings. The summed E-state index contributed by atoms with van der Waals surface area (Å²) in [5.41, 5.74) is 2.84. The first-order chi connectivity index (χ1) is 8.18. The summed E-state index contributed by atoms with van der Waals surface area (Å²) in [7, 11) is 0. The van der Waals surface area contributed by atoms with Crippen molar-refractivity contribution in [2.75, 3.05) is 0 Å². The highest BCUT2D eigenvalue weighted by atomic mass is 16.3. The topological polar surface area (TPSA) is 40.5 Å². The number of aliphatic hydroxyl groups excluding tert-OH is 1. The van der Waals surface area contributed by atoms with Gasteiger partial charge in [0.25, 0.3) is 0 Å². The molecule has 0 aromatic heterocycles. The maximum absolute atomic E-state index is 10.7. The number of rotatable bonds is 0. The van der Waals surface area contributed by atoms with Crippen LogP contribution in [0.4, 0.5) is 0 Å². The molecule has 2 nitrogen and oxygen atoms in total. The monoisotopic (exact) mass is 250 g/mol. The lowest BCUT2D eigenvalue weighted by Crippen LogP contribution is -2.56. The summed E-state index contributed by atoms with van der Waals surface area (Å²) in [5, 5.41) is 21.0. The van der Waals surface area contributed by atoms with Gasteiger partial charge in [0, 0.05) is 5.41 Å². The van der Waals surface area contributed by atoms with Gasteiger partial charge >= 0.3 is 0 Å². The third kappa shape index (κ3) is 1.96. The molecule has 4 atom stereocenters. The van der Waals surface area contributed by atoms with Gasteiger partial charge in [0.2, 0.25) is 0 Å². The zero-order valence-corrected chi connectivity index (χ0v) is 12.1. The van der Waals surface area contributed by atoms with Crippen molar-refractivity contribution in [3.05, 3.63) is 23.3 Å². The van der Waals surface area contributed by atoms with Crippen molar-refractivity contribution in [2.24, 2.45) is 11.3 Å². The van der Waals surface area contributed by atoms with Gasteiger partial charge in [-0.15, -0.1) is 0 Å². The summed E-state index contributed by atoms with van der Waals surface area (Å²) in [6.45, 7) is 12.4. The molecule has 2 saturated carbocycles. The van der Waals surface area contributed by atoms with Gasteiger partial charge in [0.15, 0.2) is 0 Å². The van der Waals surface area contributed by atoms with Gasteiger partial charge in [-0.2, -0.15) is 0 Å². The fourth-order valence-corrected chi connectivity index (χ4v) is 4.04. The third-order valence-electron chi connectivity index (χ3n) is 5.26. The molecule has 102 valence electrons. The van der Waals surface area contributed by atoms with Crippen molar-refractivity contribution < 1.29 is 10.2 Å². The van der Waals surface area contributed by atoms with Crippen molar-refractivity contribution in [1.82, 2.24) is 0 Å². The number of fused-ring (bicyclic) bond motifs is 1. The third-order valence-corrected chi connectivity index (χ3v) is 5.26. The van der Waals surface area contributed by atoms with Crippen molar-refractivity contribution in [2.45, 2.75) is 65.1 Å². The molecule has 0 aromatic carbocycles. The van der Waals surface area contributed by atoms with Gasteiger partial charge in [0.05, 0.1) is 11.7 Å². The molecule has 18 heavy (non-hydrogen) atoms. The van der Waals surface area contributed by atoms with E-state index in [0.29, 0.717) is 12.8 Å². The largest absolute Gasteiger partial charge is 0.393 e. The van der Waals surface area contributed by atoms with Gasteiger partial charge in [-0.3, -0.25) is 0 Å². The Morgan fingerprint density at radius 3 is 2.50 bits per heavy atom. The summed E-state index contributed by atoms with van der Waals surface area (Å²) in [6, 6.07) is 0. The van der Waals surface area contributed by atoms with Crippen LogP contribution in [0, 0.1) is 11.3 Å². The first kappa shape index (κ1) is 13.8. The molecule has 0 amide bonds. The lowest BCUT2D eigenvalue weighted by atomic mass is 9.52. The van der Waals surface area contributed by atoms with Crippen LogP contribution in [0.3, 0.4) is 0 Å². The molecule has 0 radical (unpaired) electrons. The second-order valence-electron chi connectivity index (χ2n) is 6.93. The Bertz CT molecular complexity index is 401. The first-order valence-electron chi connectivity index (χ1n) is 6.93. The fraction of sp³-hybridized carbons (Fsp3) is 0.750. The Labute approximate surface area is 110 Å². The number of hydrogen-bond acceptors (Lipinski definition) is 2. The van der Waals surface area contributed by atoms with E-state index in [2.05, 4.69) is 27.4 Å². The summed E-state index contributed by atoms with van der Waals surface area (Å²) >= 11 is 0. The second kappa shape index (κ2) is 4.21. The molecule has 0 heterocycles. The van der Waals surface area contributed by atoms with E-state index >= 15 is 0 Å². The molecule has 0 bridgehead atoms. The van der Waals surface area contributed by atoms with Crippen LogP contribution in [0.1, 0.15) is 53.4 Å². The van der Waals surface area contributed by atoms with E-state index in [1.807, 2.05) is 6.92 Å². The molecular weight excluding hydrogens is 224 g/mol. The average molecular weight is 250 g/mol. The molecule has 0 aromatic rings. The van der Waals surface area contributed by atoms with Crippen LogP contribution in [0.5, 0.6) is 0 Å². The van der Waals surface area contributed by atoms with E-state index in [1.54, 1.807) is 0 Å². The SMILES string of the molecule is C=C1C[C@@]2(C)C(O)CC[C@@](C)(O)C2CC1=C(C)C. The highest BCUT2D eigenvalue weighted by molar-refractivity contribution is 5.37. The van der Waals surface area contributed by atoms with Gasteiger partial charge < -0.3 is 10.2 Å². The fourth-order valence-electron chi connectivity index (χ4n) is 4.04. The molecule has 2 aliphatic carbocycles. The lowest BCUT2D eigenvalue weighted by molar-refractivity contribution is -0.153. The molecule has 0 saturated heterocycles. The maximum atomic E-state index is 10.7. The van der Waals surface area contributed by atoms with Crippen molar-refractivity contribution in [1.29, 1.82) is 0 Å². The van der Waals surface area contributed by atoms with Gasteiger partial charge in [-0.25, -0.2) is 0 Å². The van der Waals surface area contributed by atoms with Gasteiger partial charge in [0.1, 0.15) is 0 Å². The van der Waals surface area contributed by atoms with Crippen LogP contribution < -0.4 is 0 Å². The minimum absolute atomic E-state index is 0.129. The predicted molar refractivity (Wildman–Crippen MR) is 74.2 cm³/mol. The zero-order valence-electron chi connectivity index (χ0n) is 12.1. The highest BCUT2D eigenvalue weighted by Gasteiger charge is 2.55. The van der Waals surface area contributed by atoms with Crippen LogP contribution in [-0.4, -0.2) is 21.9 Å². The second-order valence-corrected chi connectivity index (χ2v) is 6.93. The average Bonchev–Trinajstić information content (AvgIpc) is 2.23. The lowest BCUT2D eigenvalue weighted by Gasteiger charge is -2.55. The minimum atomic E-state index is -0.671. The Kier molecular flexibility index (Phi) is 3.23. The molecule has 2 rings (SSSR count). The van der Waals surface area contributed by atoms with Crippen molar-refractivity contribution in [3.8, 4) is 0 Å². The van der Waals surface area contributed by atoms with Crippen molar-refractivity contribution >= 4 is 0 Å². The molecule has 2 N–H and O–H groups in total. The smallest absolute Gasteiger partial charge is 0.0658 e. The maximum Gasteiger partial charge on any atom is 0.0658 e. The minimum Gasteiger partial charge on any atom is -0.393 e. The Morgan fingerprint density at radius 2 is 1.94 bits per heavy atom. The van der Waals surface area contributed by atoms with E-state index < -0.39 is 5.60 Å². The van der Waals surface area contributed by atoms with Crippen LogP contribution >= 0.6 is 0 Å². The van der Waals surface area contributed by atoms with Crippen LogP contribution in [0.2, 0.25) is 0 Å². The zero-order chi connectivity index (χ0) is 13.7. The number of aliphatic hydroxyl groups is 2. The van der Waals surface area contributed by atoms with E-state index in [9.17, 15) is 10.2 Å². The predicted octanol–water partition coefficient (Wildman–Crippen LogP) is 3.20. The quantitative estimate of drug-likeness (QED) is 0.693. The van der Waals surface area contributed by atoms with Crippen molar-refractivity contribution in [3.63, 3.8) is 0 Å². The Hall–Kier alpha value is -0.600. The van der Waals surface area contributed by atoms with Crippen LogP contribution in [0.15, 0.2) is 23.3 Å². The van der Waals surface area contributed by atoms with E-state index in [4.69, 9.17) is 0 Å². The molecule has 0 aliphatic heterocycles. The van der Waals surface area contributed by atoms with E-state index in [1.165, 1.54) is 11.1 Å². The Balaban J connectivity index is 2.43. The molecule has 0 spiro atoms. The highest BCUT2D eigenvalue weighted by Crippen LogP contribution is 2.56. The van der Waals surface area contributed by atoms with Gasteiger partial charge in [-0.05, 0) is 57.9 Å². The van der Waals surface area contributed by atoms with Crippen LogP contribution in [0.25, 0.3) is 0 Å². The summed E-state index contributed by atoms with van der Waals surface area (Å²) < 4.78 is 0. The summed E-state index contributed by atoms with van der Waals surface area (Å²) in [6.07, 6.45) is 2.71. The van der Waals surface area contributed by atoms with E-state index in [0.717, 1.165) is 18.4 Å². The van der Waals surface area contributed by atoms with Gasteiger partial charge in [-0.1, -0.05) is 24.6 Å². The molecule has 2 fully saturated rings. The summed E-state index contributed by atoms with van der Waals surface area (Å²) in [4.78, 5) is 0. The molecule has 2 unspecified atom stereocenters. The molecule has 2 heteroatoms. The number of hydrogen-bond donors (Lipinski definition) is 2. The summed E-state index contributed by atoms with van der Waals surface area (Å²) in [5.74, 6) is 0.129. The van der Waals surface area contributed by atoms with Crippen LogP contribution in [-0.2, 0) is 0 Å².